The Kier molecular flexibility index (Phi) is 4.76. The highest BCUT2D eigenvalue weighted by atomic mass is 32.1. The SMILES string of the molecule is Cc1ccc2c(NC(=S)NC(=O)c3ccc(C)c(C)c3)cccc2n1. The number of hydrogen-bond acceptors (Lipinski definition) is 3. The van der Waals surface area contributed by atoms with Gasteiger partial charge in [-0.25, -0.2) is 0 Å². The smallest absolute Gasteiger partial charge is 0.257 e. The summed E-state index contributed by atoms with van der Waals surface area (Å²) in [6.45, 7) is 5.95. The maximum Gasteiger partial charge on any atom is 0.257 e. The molecule has 1 heterocycles. The number of amides is 1. The van der Waals surface area contributed by atoms with Crippen molar-refractivity contribution in [2.75, 3.05) is 5.32 Å². The fourth-order valence-electron chi connectivity index (χ4n) is 2.58. The lowest BCUT2D eigenvalue weighted by atomic mass is 10.1. The third kappa shape index (κ3) is 3.83. The molecule has 0 unspecified atom stereocenters. The van der Waals surface area contributed by atoms with Gasteiger partial charge in [-0.15, -0.1) is 0 Å². The fourth-order valence-corrected chi connectivity index (χ4v) is 2.78. The van der Waals surface area contributed by atoms with E-state index < -0.39 is 0 Å². The molecule has 1 aromatic heterocycles. The van der Waals surface area contributed by atoms with Crippen molar-refractivity contribution in [3.05, 3.63) is 70.9 Å². The van der Waals surface area contributed by atoms with Crippen LogP contribution >= 0.6 is 12.2 Å². The van der Waals surface area contributed by atoms with Gasteiger partial charge in [-0.1, -0.05) is 12.1 Å². The number of rotatable bonds is 2. The standard InChI is InChI=1S/C20H19N3OS/c1-12-7-9-15(11-13(12)2)19(24)23-20(25)22-18-6-4-5-17-16(18)10-8-14(3)21-17/h4-11H,1-3H3,(H2,22,23,24,25). The minimum atomic E-state index is -0.227. The van der Waals surface area contributed by atoms with Gasteiger partial charge >= 0.3 is 0 Å². The van der Waals surface area contributed by atoms with Crippen molar-refractivity contribution in [1.82, 2.24) is 10.3 Å². The number of benzene rings is 2. The van der Waals surface area contributed by atoms with Crippen LogP contribution in [0.1, 0.15) is 27.2 Å². The highest BCUT2D eigenvalue weighted by molar-refractivity contribution is 7.80. The Hall–Kier alpha value is -2.79. The Morgan fingerprint density at radius 1 is 1.00 bits per heavy atom. The predicted molar refractivity (Wildman–Crippen MR) is 106 cm³/mol. The van der Waals surface area contributed by atoms with Crippen LogP contribution in [0.3, 0.4) is 0 Å². The van der Waals surface area contributed by atoms with Crippen molar-refractivity contribution >= 4 is 39.8 Å². The molecule has 25 heavy (non-hydrogen) atoms. The van der Waals surface area contributed by atoms with E-state index in [1.54, 1.807) is 6.07 Å². The van der Waals surface area contributed by atoms with Gasteiger partial charge in [-0.2, -0.15) is 0 Å². The summed E-state index contributed by atoms with van der Waals surface area (Å²) in [5.41, 5.74) is 5.46. The van der Waals surface area contributed by atoms with Gasteiger partial charge in [-0.3, -0.25) is 15.1 Å². The molecule has 0 radical (unpaired) electrons. The highest BCUT2D eigenvalue weighted by Gasteiger charge is 2.10. The van der Waals surface area contributed by atoms with Crippen molar-refractivity contribution < 1.29 is 4.79 Å². The maximum absolute atomic E-state index is 12.4. The molecule has 0 aliphatic rings. The Morgan fingerprint density at radius 3 is 2.56 bits per heavy atom. The van der Waals surface area contributed by atoms with Crippen molar-refractivity contribution in [3.63, 3.8) is 0 Å². The monoisotopic (exact) mass is 349 g/mol. The average Bonchev–Trinajstić information content (AvgIpc) is 2.57. The molecule has 126 valence electrons. The Labute approximate surface area is 152 Å². The lowest BCUT2D eigenvalue weighted by Gasteiger charge is -2.12. The number of aryl methyl sites for hydroxylation is 3. The lowest BCUT2D eigenvalue weighted by molar-refractivity contribution is 0.0977. The highest BCUT2D eigenvalue weighted by Crippen LogP contribution is 2.22. The second-order valence-corrected chi connectivity index (χ2v) is 6.44. The molecule has 0 aliphatic carbocycles. The van der Waals surface area contributed by atoms with Gasteiger partial charge in [0.1, 0.15) is 0 Å². The molecule has 0 saturated carbocycles. The second kappa shape index (κ2) is 6.99. The maximum atomic E-state index is 12.4. The summed E-state index contributed by atoms with van der Waals surface area (Å²) in [7, 11) is 0. The predicted octanol–water partition coefficient (Wildman–Crippen LogP) is 4.29. The van der Waals surface area contributed by atoms with Gasteiger partial charge < -0.3 is 5.32 Å². The number of fused-ring (bicyclic) bond motifs is 1. The van der Waals surface area contributed by atoms with E-state index in [-0.39, 0.29) is 11.0 Å². The summed E-state index contributed by atoms with van der Waals surface area (Å²) in [5, 5.41) is 7.03. The molecule has 2 N–H and O–H groups in total. The van der Waals surface area contributed by atoms with Crippen LogP contribution < -0.4 is 10.6 Å². The first-order chi connectivity index (χ1) is 11.9. The average molecular weight is 349 g/mol. The quantitative estimate of drug-likeness (QED) is 0.678. The number of aromatic nitrogens is 1. The third-order valence-corrected chi connectivity index (χ3v) is 4.32. The Bertz CT molecular complexity index is 982. The number of carbonyl (C=O) groups is 1. The molecule has 3 aromatic rings. The zero-order valence-corrected chi connectivity index (χ0v) is 15.2. The number of hydrogen-bond donors (Lipinski definition) is 2. The zero-order chi connectivity index (χ0) is 18.0. The lowest BCUT2D eigenvalue weighted by Crippen LogP contribution is -2.34. The summed E-state index contributed by atoms with van der Waals surface area (Å²) in [6.07, 6.45) is 0. The van der Waals surface area contributed by atoms with Gasteiger partial charge in [0.05, 0.1) is 5.52 Å². The number of pyridine rings is 1. The van der Waals surface area contributed by atoms with E-state index in [2.05, 4.69) is 15.6 Å². The van der Waals surface area contributed by atoms with Crippen molar-refractivity contribution in [2.45, 2.75) is 20.8 Å². The minimum Gasteiger partial charge on any atom is -0.332 e. The van der Waals surface area contributed by atoms with Gasteiger partial charge in [0.2, 0.25) is 0 Å². The summed E-state index contributed by atoms with van der Waals surface area (Å²) < 4.78 is 0. The number of thiocarbonyl (C=S) groups is 1. The number of anilines is 1. The van der Waals surface area contributed by atoms with Gasteiger partial charge in [0.25, 0.3) is 5.91 Å². The molecule has 0 aliphatic heterocycles. The zero-order valence-electron chi connectivity index (χ0n) is 14.4. The van der Waals surface area contributed by atoms with Crippen LogP contribution in [0.5, 0.6) is 0 Å². The van der Waals surface area contributed by atoms with Gasteiger partial charge in [-0.05, 0) is 80.5 Å². The molecular weight excluding hydrogens is 330 g/mol. The molecule has 0 bridgehead atoms. The molecule has 2 aromatic carbocycles. The number of carbonyl (C=O) groups excluding carboxylic acids is 1. The topological polar surface area (TPSA) is 54.0 Å². The van der Waals surface area contributed by atoms with E-state index >= 15 is 0 Å². The molecule has 0 spiro atoms. The first-order valence-corrected chi connectivity index (χ1v) is 8.41. The van der Waals surface area contributed by atoms with E-state index in [9.17, 15) is 4.79 Å². The number of nitrogens with zero attached hydrogens (tertiary/aromatic N) is 1. The first-order valence-electron chi connectivity index (χ1n) is 8.00. The molecule has 0 fully saturated rings. The van der Waals surface area contributed by atoms with Gasteiger partial charge in [0.15, 0.2) is 5.11 Å². The molecular formula is C20H19N3OS. The Morgan fingerprint density at radius 2 is 1.80 bits per heavy atom. The van der Waals surface area contributed by atoms with Crippen molar-refractivity contribution in [1.29, 1.82) is 0 Å². The van der Waals surface area contributed by atoms with Crippen LogP contribution in [0.15, 0.2) is 48.5 Å². The molecule has 0 saturated heterocycles. The molecule has 0 atom stereocenters. The van der Waals surface area contributed by atoms with E-state index in [1.807, 2.05) is 63.2 Å². The van der Waals surface area contributed by atoms with E-state index in [1.165, 1.54) is 0 Å². The molecule has 5 heteroatoms. The second-order valence-electron chi connectivity index (χ2n) is 6.03. The van der Waals surface area contributed by atoms with Crippen LogP contribution in [0.4, 0.5) is 5.69 Å². The fraction of sp³-hybridized carbons (Fsp3) is 0.150. The van der Waals surface area contributed by atoms with Crippen LogP contribution in [0.25, 0.3) is 10.9 Å². The van der Waals surface area contributed by atoms with Crippen LogP contribution in [0, 0.1) is 20.8 Å². The summed E-state index contributed by atoms with van der Waals surface area (Å²) in [6, 6.07) is 15.3. The Balaban J connectivity index is 1.76. The van der Waals surface area contributed by atoms with E-state index in [0.717, 1.165) is 33.4 Å². The van der Waals surface area contributed by atoms with Crippen LogP contribution in [0.2, 0.25) is 0 Å². The van der Waals surface area contributed by atoms with Crippen molar-refractivity contribution in [3.8, 4) is 0 Å². The minimum absolute atomic E-state index is 0.227. The summed E-state index contributed by atoms with van der Waals surface area (Å²) >= 11 is 5.30. The van der Waals surface area contributed by atoms with E-state index in [0.29, 0.717) is 5.56 Å². The summed E-state index contributed by atoms with van der Waals surface area (Å²) in [4.78, 5) is 16.9. The van der Waals surface area contributed by atoms with Gasteiger partial charge in [0, 0.05) is 22.3 Å². The first kappa shape index (κ1) is 17.0. The van der Waals surface area contributed by atoms with E-state index in [4.69, 9.17) is 12.2 Å². The summed E-state index contributed by atoms with van der Waals surface area (Å²) in [5.74, 6) is -0.227. The van der Waals surface area contributed by atoms with Crippen molar-refractivity contribution in [2.24, 2.45) is 0 Å². The largest absolute Gasteiger partial charge is 0.332 e. The molecule has 4 nitrogen and oxygen atoms in total. The molecule has 1 amide bonds. The number of nitrogens with one attached hydrogen (secondary N) is 2. The molecule has 3 rings (SSSR count). The van der Waals surface area contributed by atoms with Crippen LogP contribution in [-0.2, 0) is 0 Å². The third-order valence-electron chi connectivity index (χ3n) is 4.12. The van der Waals surface area contributed by atoms with Crippen LogP contribution in [-0.4, -0.2) is 16.0 Å². The normalized spacial score (nSPS) is 10.5.